The van der Waals surface area contributed by atoms with Gasteiger partial charge >= 0.3 is 0 Å². The van der Waals surface area contributed by atoms with Gasteiger partial charge in [-0.3, -0.25) is 9.79 Å². The average molecular weight is 488 g/mol. The molecule has 2 aromatic carbocycles. The predicted molar refractivity (Wildman–Crippen MR) is 124 cm³/mol. The van der Waals surface area contributed by atoms with Gasteiger partial charge in [-0.1, -0.05) is 0 Å². The highest BCUT2D eigenvalue weighted by atomic mass is 79.9. The van der Waals surface area contributed by atoms with Crippen LogP contribution in [0.5, 0.6) is 5.75 Å². The van der Waals surface area contributed by atoms with Crippen molar-refractivity contribution in [1.82, 2.24) is 4.90 Å². The first-order chi connectivity index (χ1) is 15.2. The second-order valence-corrected chi connectivity index (χ2v) is 8.20. The molecule has 0 atom stereocenters. The standard InChI is InChI=1S/C23H26BrN3O4/c24-21-15-18(1-6-22(21)31-17-23(28)27-9-13-30-14-10-27)16-25-19-2-4-20(5-3-19)26-7-11-29-12-8-26/h1-6,15-16H,7-14,17H2. The number of hydrogen-bond acceptors (Lipinski definition) is 6. The van der Waals surface area contributed by atoms with Gasteiger partial charge in [-0.15, -0.1) is 0 Å². The highest BCUT2D eigenvalue weighted by Gasteiger charge is 2.17. The maximum absolute atomic E-state index is 12.2. The molecule has 0 aromatic heterocycles. The van der Waals surface area contributed by atoms with Gasteiger partial charge in [-0.05, 0) is 64.0 Å². The molecule has 0 aliphatic carbocycles. The van der Waals surface area contributed by atoms with E-state index in [1.54, 1.807) is 4.90 Å². The predicted octanol–water partition coefficient (Wildman–Crippen LogP) is 3.27. The summed E-state index contributed by atoms with van der Waals surface area (Å²) in [4.78, 5) is 20.9. The summed E-state index contributed by atoms with van der Waals surface area (Å²) >= 11 is 3.53. The molecule has 0 radical (unpaired) electrons. The lowest BCUT2D eigenvalue weighted by Gasteiger charge is -2.28. The number of ether oxygens (including phenoxy) is 3. The van der Waals surface area contributed by atoms with Gasteiger partial charge in [0.25, 0.3) is 5.91 Å². The van der Waals surface area contributed by atoms with Crippen LogP contribution in [-0.4, -0.2) is 76.2 Å². The zero-order valence-electron chi connectivity index (χ0n) is 17.3. The highest BCUT2D eigenvalue weighted by molar-refractivity contribution is 9.10. The molecule has 2 saturated heterocycles. The molecule has 2 heterocycles. The molecule has 2 fully saturated rings. The third kappa shape index (κ3) is 6.06. The average Bonchev–Trinajstić information content (AvgIpc) is 2.83. The summed E-state index contributed by atoms with van der Waals surface area (Å²) in [7, 11) is 0. The molecule has 2 aromatic rings. The number of anilines is 1. The second kappa shape index (κ2) is 10.7. The van der Waals surface area contributed by atoms with E-state index in [2.05, 4.69) is 38.0 Å². The van der Waals surface area contributed by atoms with Gasteiger partial charge in [0.2, 0.25) is 0 Å². The molecule has 8 heteroatoms. The summed E-state index contributed by atoms with van der Waals surface area (Å²) in [6, 6.07) is 13.9. The normalized spacial score (nSPS) is 17.2. The first-order valence-corrected chi connectivity index (χ1v) is 11.2. The van der Waals surface area contributed by atoms with Crippen LogP contribution in [-0.2, 0) is 14.3 Å². The zero-order chi connectivity index (χ0) is 21.5. The molecule has 2 aliphatic rings. The molecule has 164 valence electrons. The van der Waals surface area contributed by atoms with E-state index in [1.165, 1.54) is 5.69 Å². The summed E-state index contributed by atoms with van der Waals surface area (Å²) in [6.45, 7) is 5.80. The van der Waals surface area contributed by atoms with Gasteiger partial charge in [0, 0.05) is 38.1 Å². The SMILES string of the molecule is O=C(COc1ccc(C=Nc2ccc(N3CCOCC3)cc2)cc1Br)N1CCOCC1. The summed E-state index contributed by atoms with van der Waals surface area (Å²) in [5, 5.41) is 0. The number of nitrogens with zero attached hydrogens (tertiary/aromatic N) is 3. The minimum Gasteiger partial charge on any atom is -0.483 e. The Morgan fingerprint density at radius 1 is 1.00 bits per heavy atom. The highest BCUT2D eigenvalue weighted by Crippen LogP contribution is 2.26. The van der Waals surface area contributed by atoms with Crippen molar-refractivity contribution in [2.24, 2.45) is 4.99 Å². The van der Waals surface area contributed by atoms with Crippen LogP contribution >= 0.6 is 15.9 Å². The Bertz CT molecular complexity index is 908. The zero-order valence-corrected chi connectivity index (χ0v) is 18.9. The molecular formula is C23H26BrN3O4. The number of carbonyl (C=O) groups excluding carboxylic acids is 1. The molecule has 0 unspecified atom stereocenters. The topological polar surface area (TPSA) is 63.6 Å². The number of aliphatic imine (C=N–C) groups is 1. The third-order valence-electron chi connectivity index (χ3n) is 5.26. The Balaban J connectivity index is 1.32. The van der Waals surface area contributed by atoms with E-state index in [0.29, 0.717) is 32.1 Å². The molecule has 7 nitrogen and oxygen atoms in total. The van der Waals surface area contributed by atoms with E-state index in [1.807, 2.05) is 36.5 Å². The Morgan fingerprint density at radius 2 is 1.68 bits per heavy atom. The number of halogens is 1. The van der Waals surface area contributed by atoms with Crippen LogP contribution in [0, 0.1) is 0 Å². The van der Waals surface area contributed by atoms with Crippen LogP contribution < -0.4 is 9.64 Å². The van der Waals surface area contributed by atoms with Crippen LogP contribution in [0.15, 0.2) is 51.9 Å². The number of carbonyl (C=O) groups is 1. The molecule has 0 saturated carbocycles. The Kier molecular flexibility index (Phi) is 7.56. The number of benzene rings is 2. The van der Waals surface area contributed by atoms with E-state index >= 15 is 0 Å². The Hall–Kier alpha value is -2.42. The van der Waals surface area contributed by atoms with E-state index in [9.17, 15) is 4.79 Å². The van der Waals surface area contributed by atoms with E-state index in [4.69, 9.17) is 14.2 Å². The number of rotatable bonds is 6. The molecule has 2 aliphatic heterocycles. The minimum absolute atomic E-state index is 0.0154. The number of morpholine rings is 2. The maximum Gasteiger partial charge on any atom is 0.260 e. The molecule has 0 N–H and O–H groups in total. The van der Waals surface area contributed by atoms with Crippen molar-refractivity contribution >= 4 is 39.4 Å². The molecule has 0 spiro atoms. The first kappa shape index (κ1) is 21.8. The monoisotopic (exact) mass is 487 g/mol. The molecule has 31 heavy (non-hydrogen) atoms. The number of amides is 1. The van der Waals surface area contributed by atoms with Gasteiger partial charge in [0.1, 0.15) is 5.75 Å². The summed E-state index contributed by atoms with van der Waals surface area (Å²) in [6.07, 6.45) is 1.82. The van der Waals surface area contributed by atoms with Gasteiger partial charge in [-0.25, -0.2) is 0 Å². The van der Waals surface area contributed by atoms with Gasteiger partial charge < -0.3 is 24.0 Å². The van der Waals surface area contributed by atoms with Crippen molar-refractivity contribution in [3.05, 3.63) is 52.5 Å². The van der Waals surface area contributed by atoms with Crippen LogP contribution in [0.25, 0.3) is 0 Å². The lowest BCUT2D eigenvalue weighted by Crippen LogP contribution is -2.43. The molecule has 4 rings (SSSR count). The van der Waals surface area contributed by atoms with Gasteiger partial charge in [0.15, 0.2) is 6.61 Å². The Morgan fingerprint density at radius 3 is 2.35 bits per heavy atom. The van der Waals surface area contributed by atoms with Crippen molar-refractivity contribution in [2.75, 3.05) is 64.1 Å². The maximum atomic E-state index is 12.2. The van der Waals surface area contributed by atoms with E-state index in [-0.39, 0.29) is 12.5 Å². The van der Waals surface area contributed by atoms with Crippen LogP contribution in [0.3, 0.4) is 0 Å². The van der Waals surface area contributed by atoms with Crippen LogP contribution in [0.1, 0.15) is 5.56 Å². The number of hydrogen-bond donors (Lipinski definition) is 0. The van der Waals surface area contributed by atoms with Crippen molar-refractivity contribution in [2.45, 2.75) is 0 Å². The molecule has 0 bridgehead atoms. The second-order valence-electron chi connectivity index (χ2n) is 7.35. The van der Waals surface area contributed by atoms with Crippen molar-refractivity contribution in [3.63, 3.8) is 0 Å². The minimum atomic E-state index is -0.0265. The van der Waals surface area contributed by atoms with Crippen LogP contribution in [0.2, 0.25) is 0 Å². The summed E-state index contributed by atoms with van der Waals surface area (Å²) < 4.78 is 17.2. The summed E-state index contributed by atoms with van der Waals surface area (Å²) in [5.74, 6) is 0.606. The largest absolute Gasteiger partial charge is 0.483 e. The fraction of sp³-hybridized carbons (Fsp3) is 0.391. The molecular weight excluding hydrogens is 462 g/mol. The molecule has 1 amide bonds. The van der Waals surface area contributed by atoms with Gasteiger partial charge in [-0.2, -0.15) is 0 Å². The van der Waals surface area contributed by atoms with E-state index < -0.39 is 0 Å². The lowest BCUT2D eigenvalue weighted by atomic mass is 10.2. The quantitative estimate of drug-likeness (QED) is 0.585. The Labute approximate surface area is 190 Å². The smallest absolute Gasteiger partial charge is 0.260 e. The van der Waals surface area contributed by atoms with Crippen molar-refractivity contribution < 1.29 is 19.0 Å². The van der Waals surface area contributed by atoms with Crippen molar-refractivity contribution in [1.29, 1.82) is 0 Å². The first-order valence-electron chi connectivity index (χ1n) is 10.4. The summed E-state index contributed by atoms with van der Waals surface area (Å²) in [5.41, 5.74) is 3.03. The fourth-order valence-electron chi connectivity index (χ4n) is 3.48. The van der Waals surface area contributed by atoms with Crippen molar-refractivity contribution in [3.8, 4) is 5.75 Å². The third-order valence-corrected chi connectivity index (χ3v) is 5.88. The lowest BCUT2D eigenvalue weighted by molar-refractivity contribution is -0.137. The van der Waals surface area contributed by atoms with Crippen LogP contribution in [0.4, 0.5) is 11.4 Å². The van der Waals surface area contributed by atoms with Gasteiger partial charge in [0.05, 0.1) is 36.6 Å². The van der Waals surface area contributed by atoms with E-state index in [0.717, 1.165) is 42.0 Å². The fourth-order valence-corrected chi connectivity index (χ4v) is 3.99.